The van der Waals surface area contributed by atoms with E-state index in [1.807, 2.05) is 6.20 Å². The maximum atomic E-state index is 8.74. The molecule has 0 aliphatic rings. The second-order valence-electron chi connectivity index (χ2n) is 2.93. The van der Waals surface area contributed by atoms with Gasteiger partial charge in [0.15, 0.2) is 0 Å². The predicted octanol–water partition coefficient (Wildman–Crippen LogP) is 0.759. The quantitative estimate of drug-likeness (QED) is 0.369. The van der Waals surface area contributed by atoms with E-state index in [1.54, 1.807) is 6.33 Å². The summed E-state index contributed by atoms with van der Waals surface area (Å²) in [6.45, 7) is 0. The first-order valence-electron chi connectivity index (χ1n) is 4.36. The van der Waals surface area contributed by atoms with Gasteiger partial charge in [-0.2, -0.15) is 8.42 Å². The molecule has 1 rings (SSSR count). The van der Waals surface area contributed by atoms with Gasteiger partial charge < -0.3 is 10.7 Å². The normalized spacial score (nSPS) is 12.8. The lowest BCUT2D eigenvalue weighted by molar-refractivity contribution is 0.381. The molecule has 0 radical (unpaired) electrons. The first kappa shape index (κ1) is 15.5. The number of H-pyrrole nitrogens is 1. The smallest absolute Gasteiger partial charge is 0.348 e. The third kappa shape index (κ3) is 13.5. The van der Waals surface area contributed by atoms with Crippen molar-refractivity contribution in [1.82, 2.24) is 9.97 Å². The van der Waals surface area contributed by atoms with E-state index < -0.39 is 10.4 Å². The summed E-state index contributed by atoms with van der Waals surface area (Å²) >= 11 is 3.29. The summed E-state index contributed by atoms with van der Waals surface area (Å²) in [6.07, 6.45) is 6.66. The molecule has 1 unspecified atom stereocenters. The van der Waals surface area contributed by atoms with Crippen LogP contribution in [0.5, 0.6) is 0 Å². The van der Waals surface area contributed by atoms with Crippen LogP contribution in [0, 0.1) is 0 Å². The van der Waals surface area contributed by atoms with E-state index in [2.05, 4.69) is 25.9 Å². The van der Waals surface area contributed by atoms with Crippen molar-refractivity contribution < 1.29 is 17.5 Å². The number of aromatic nitrogens is 2. The van der Waals surface area contributed by atoms with Gasteiger partial charge in [-0.15, -0.1) is 0 Å². The van der Waals surface area contributed by atoms with Crippen molar-refractivity contribution >= 4 is 26.3 Å². The molecule has 94 valence electrons. The molecule has 0 bridgehead atoms. The summed E-state index contributed by atoms with van der Waals surface area (Å²) in [6, 6.07) is 0. The van der Waals surface area contributed by atoms with Gasteiger partial charge >= 0.3 is 10.4 Å². The predicted molar refractivity (Wildman–Crippen MR) is 62.6 cm³/mol. The molecule has 1 aromatic rings. The van der Waals surface area contributed by atoms with Gasteiger partial charge in [0, 0.05) is 11.9 Å². The molecule has 0 aliphatic heterocycles. The van der Waals surface area contributed by atoms with Crippen LogP contribution < -0.4 is 5.73 Å². The zero-order valence-electron chi connectivity index (χ0n) is 8.38. The summed E-state index contributed by atoms with van der Waals surface area (Å²) in [5, 5.41) is 0. The second-order valence-corrected chi connectivity index (χ2v) is 5.00. The van der Waals surface area contributed by atoms with E-state index in [0.29, 0.717) is 0 Å². The molecule has 0 aliphatic carbocycles. The highest BCUT2D eigenvalue weighted by atomic mass is 79.9. The van der Waals surface area contributed by atoms with Crippen molar-refractivity contribution in [2.24, 2.45) is 5.73 Å². The van der Waals surface area contributed by atoms with Gasteiger partial charge in [0.2, 0.25) is 0 Å². The number of imidazole rings is 1. The molecule has 9 heteroatoms. The van der Waals surface area contributed by atoms with Crippen LogP contribution in [-0.4, -0.2) is 32.4 Å². The Morgan fingerprint density at radius 1 is 1.56 bits per heavy atom. The van der Waals surface area contributed by atoms with E-state index in [0.717, 1.165) is 19.3 Å². The van der Waals surface area contributed by atoms with Crippen LogP contribution >= 0.6 is 15.9 Å². The van der Waals surface area contributed by atoms with Crippen molar-refractivity contribution in [1.29, 1.82) is 0 Å². The minimum Gasteiger partial charge on any atom is -0.348 e. The Morgan fingerprint density at radius 3 is 2.50 bits per heavy atom. The average Bonchev–Trinajstić information content (AvgIpc) is 2.52. The lowest BCUT2D eigenvalue weighted by atomic mass is 10.2. The first-order valence-corrected chi connectivity index (χ1v) is 6.67. The molecular formula is C7H14BrN3O4S. The topological polar surface area (TPSA) is 129 Å². The number of alkyl halides is 1. The van der Waals surface area contributed by atoms with E-state index in [9.17, 15) is 0 Å². The Hall–Kier alpha value is -0.480. The Morgan fingerprint density at radius 2 is 2.12 bits per heavy atom. The standard InChI is InChI=1S/C7H12BrN3.H2O4S/c8-7(9)3-1-2-6-4-10-5-11-6;1-5(2,3)4/h4-5,7H,1-3,9H2,(H,10,11);(H2,1,2,3,4). The molecule has 1 aromatic heterocycles. The zero-order valence-corrected chi connectivity index (χ0v) is 10.8. The zero-order chi connectivity index (χ0) is 12.6. The molecule has 0 saturated heterocycles. The molecule has 7 nitrogen and oxygen atoms in total. The van der Waals surface area contributed by atoms with Gasteiger partial charge in [-0.05, 0) is 19.3 Å². The minimum absolute atomic E-state index is 0.130. The van der Waals surface area contributed by atoms with Crippen molar-refractivity contribution in [3.8, 4) is 0 Å². The van der Waals surface area contributed by atoms with Gasteiger partial charge in [-0.25, -0.2) is 4.98 Å². The van der Waals surface area contributed by atoms with Gasteiger partial charge in [-0.1, -0.05) is 15.9 Å². The number of aromatic amines is 1. The van der Waals surface area contributed by atoms with Gasteiger partial charge in [-0.3, -0.25) is 9.11 Å². The maximum absolute atomic E-state index is 8.74. The fraction of sp³-hybridized carbons (Fsp3) is 0.571. The van der Waals surface area contributed by atoms with Crippen molar-refractivity contribution in [3.05, 3.63) is 18.2 Å². The number of nitrogens with two attached hydrogens (primary N) is 1. The Balaban J connectivity index is 0.000000385. The summed E-state index contributed by atoms with van der Waals surface area (Å²) < 4.78 is 31.6. The highest BCUT2D eigenvalue weighted by Gasteiger charge is 1.97. The van der Waals surface area contributed by atoms with E-state index >= 15 is 0 Å². The number of aryl methyl sites for hydroxylation is 1. The van der Waals surface area contributed by atoms with E-state index in [4.69, 9.17) is 23.3 Å². The van der Waals surface area contributed by atoms with Crippen LogP contribution in [0.15, 0.2) is 12.5 Å². The van der Waals surface area contributed by atoms with E-state index in [-0.39, 0.29) is 4.95 Å². The molecule has 0 aromatic carbocycles. The molecule has 5 N–H and O–H groups in total. The monoisotopic (exact) mass is 315 g/mol. The molecule has 1 atom stereocenters. The van der Waals surface area contributed by atoms with Gasteiger partial charge in [0.1, 0.15) is 0 Å². The fourth-order valence-electron chi connectivity index (χ4n) is 0.909. The summed E-state index contributed by atoms with van der Waals surface area (Å²) in [4.78, 5) is 7.10. The molecule has 0 saturated carbocycles. The Bertz CT molecular complexity index is 357. The molecule has 0 spiro atoms. The first-order chi connectivity index (χ1) is 7.29. The highest BCUT2D eigenvalue weighted by Crippen LogP contribution is 2.05. The number of nitrogens with one attached hydrogen (secondary N) is 1. The third-order valence-electron chi connectivity index (χ3n) is 1.48. The van der Waals surface area contributed by atoms with Crippen molar-refractivity contribution in [2.45, 2.75) is 24.2 Å². The fourth-order valence-corrected chi connectivity index (χ4v) is 1.23. The van der Waals surface area contributed by atoms with Gasteiger partial charge in [0.05, 0.1) is 11.3 Å². The summed E-state index contributed by atoms with van der Waals surface area (Å²) in [5.74, 6) is 0. The van der Waals surface area contributed by atoms with Crippen LogP contribution in [-0.2, 0) is 16.8 Å². The second kappa shape index (κ2) is 7.74. The van der Waals surface area contributed by atoms with Gasteiger partial charge in [0.25, 0.3) is 0 Å². The number of halogens is 1. The van der Waals surface area contributed by atoms with E-state index in [1.165, 1.54) is 5.69 Å². The number of rotatable bonds is 4. The van der Waals surface area contributed by atoms with Crippen molar-refractivity contribution in [3.63, 3.8) is 0 Å². The molecule has 1 heterocycles. The molecule has 16 heavy (non-hydrogen) atoms. The average molecular weight is 316 g/mol. The largest absolute Gasteiger partial charge is 0.394 e. The molecule has 0 fully saturated rings. The highest BCUT2D eigenvalue weighted by molar-refractivity contribution is 9.09. The number of nitrogens with zero attached hydrogens (tertiary/aromatic N) is 1. The number of hydrogen-bond donors (Lipinski definition) is 4. The van der Waals surface area contributed by atoms with Crippen molar-refractivity contribution in [2.75, 3.05) is 0 Å². The third-order valence-corrected chi connectivity index (χ3v) is 1.94. The number of hydrogen-bond acceptors (Lipinski definition) is 4. The lowest BCUT2D eigenvalue weighted by Crippen LogP contribution is -2.10. The SMILES string of the molecule is NC(Br)CCCc1cnc[nH]1.O=S(=O)(O)O. The minimum atomic E-state index is -4.67. The van der Waals surface area contributed by atoms with Crippen LogP contribution in [0.1, 0.15) is 18.5 Å². The van der Waals surface area contributed by atoms with Crippen LogP contribution in [0.3, 0.4) is 0 Å². The summed E-state index contributed by atoms with van der Waals surface area (Å²) in [5.41, 5.74) is 6.70. The molecular weight excluding hydrogens is 302 g/mol. The van der Waals surface area contributed by atoms with Crippen LogP contribution in [0.4, 0.5) is 0 Å². The maximum Gasteiger partial charge on any atom is 0.394 e. The Kier molecular flexibility index (Phi) is 7.51. The van der Waals surface area contributed by atoms with Crippen LogP contribution in [0.2, 0.25) is 0 Å². The Labute approximate surface area is 102 Å². The summed E-state index contributed by atoms with van der Waals surface area (Å²) in [7, 11) is -4.67. The lowest BCUT2D eigenvalue weighted by Gasteiger charge is -2.00. The van der Waals surface area contributed by atoms with Crippen LogP contribution in [0.25, 0.3) is 0 Å². The molecule has 0 amide bonds.